The number of fused-ring (bicyclic) bond motifs is 1. The lowest BCUT2D eigenvalue weighted by molar-refractivity contribution is -0.385. The van der Waals surface area contributed by atoms with Gasteiger partial charge in [-0.05, 0) is 42.5 Å². The number of nitrogens with one attached hydrogen (secondary N) is 1. The maximum absolute atomic E-state index is 13.9. The molecule has 8 nitrogen and oxygen atoms in total. The summed E-state index contributed by atoms with van der Waals surface area (Å²) >= 11 is 0. The standard InChI is InChI=1S/C27H25N3O5/c1-25(2)21-15-26-11-6-12-29(26)24(33)27(21,28-23(26)32)14-19(22(25)31)18-10-9-17(13-20(18)30(34)35)16-7-4-3-5-8-16/h3-5,7-10,13-14,21H,6,11-12,15H2,1-2H3,(H,28,32). The van der Waals surface area contributed by atoms with Gasteiger partial charge in [0.1, 0.15) is 11.1 Å². The molecule has 4 aliphatic heterocycles. The smallest absolute Gasteiger partial charge is 0.277 e. The first-order valence-corrected chi connectivity index (χ1v) is 11.9. The molecule has 2 aromatic carbocycles. The molecule has 0 radical (unpaired) electrons. The Balaban J connectivity index is 1.55. The van der Waals surface area contributed by atoms with E-state index in [0.717, 1.165) is 12.0 Å². The van der Waals surface area contributed by atoms with Gasteiger partial charge in [0, 0.05) is 29.5 Å². The first-order valence-electron chi connectivity index (χ1n) is 11.9. The minimum Gasteiger partial charge on any atom is -0.336 e. The molecule has 178 valence electrons. The topological polar surface area (TPSA) is 110 Å². The lowest BCUT2D eigenvalue weighted by atomic mass is 9.51. The van der Waals surface area contributed by atoms with Crippen LogP contribution in [0.15, 0.2) is 54.6 Å². The highest BCUT2D eigenvalue weighted by Gasteiger charge is 2.72. The van der Waals surface area contributed by atoms with E-state index in [4.69, 9.17) is 0 Å². The molecule has 4 heterocycles. The fourth-order valence-electron chi connectivity index (χ4n) is 6.77. The highest BCUT2D eigenvalue weighted by Crippen LogP contribution is 2.58. The summed E-state index contributed by atoms with van der Waals surface area (Å²) in [6.07, 6.45) is 3.25. The number of hydrogen-bond acceptors (Lipinski definition) is 5. The van der Waals surface area contributed by atoms with Gasteiger partial charge in [-0.3, -0.25) is 24.5 Å². The summed E-state index contributed by atoms with van der Waals surface area (Å²) in [5, 5.41) is 15.1. The molecule has 4 fully saturated rings. The number of rotatable bonds is 3. The van der Waals surface area contributed by atoms with Crippen LogP contribution in [0.4, 0.5) is 5.69 Å². The Morgan fingerprint density at radius 2 is 1.80 bits per heavy atom. The van der Waals surface area contributed by atoms with Gasteiger partial charge < -0.3 is 10.2 Å². The summed E-state index contributed by atoms with van der Waals surface area (Å²) in [7, 11) is 0. The number of ketones is 1. The van der Waals surface area contributed by atoms with Crippen molar-refractivity contribution in [3.63, 3.8) is 0 Å². The number of allylic oxidation sites excluding steroid dienone is 1. The van der Waals surface area contributed by atoms with Crippen LogP contribution < -0.4 is 5.32 Å². The van der Waals surface area contributed by atoms with E-state index in [-0.39, 0.29) is 34.4 Å². The molecule has 1 N–H and O–H groups in total. The highest BCUT2D eigenvalue weighted by atomic mass is 16.6. The zero-order chi connectivity index (χ0) is 24.8. The molecule has 35 heavy (non-hydrogen) atoms. The van der Waals surface area contributed by atoms with E-state index in [0.29, 0.717) is 24.9 Å². The molecular weight excluding hydrogens is 446 g/mol. The van der Waals surface area contributed by atoms with Crippen LogP contribution in [0.2, 0.25) is 0 Å². The van der Waals surface area contributed by atoms with Crippen molar-refractivity contribution >= 4 is 28.9 Å². The molecule has 1 aliphatic carbocycles. The van der Waals surface area contributed by atoms with Crippen molar-refractivity contribution < 1.29 is 19.3 Å². The molecule has 4 saturated heterocycles. The van der Waals surface area contributed by atoms with Crippen molar-refractivity contribution in [3.05, 3.63) is 70.3 Å². The minimum absolute atomic E-state index is 0.111. The van der Waals surface area contributed by atoms with Crippen molar-refractivity contribution in [2.45, 2.75) is 44.2 Å². The fourth-order valence-corrected chi connectivity index (χ4v) is 6.77. The van der Waals surface area contributed by atoms with Crippen LogP contribution in [0.25, 0.3) is 16.7 Å². The van der Waals surface area contributed by atoms with Gasteiger partial charge in [0.15, 0.2) is 5.78 Å². The predicted octanol–water partition coefficient (Wildman–Crippen LogP) is 3.50. The summed E-state index contributed by atoms with van der Waals surface area (Å²) in [6, 6.07) is 14.1. The molecule has 3 unspecified atom stereocenters. The van der Waals surface area contributed by atoms with Gasteiger partial charge in [0.2, 0.25) is 5.91 Å². The highest BCUT2D eigenvalue weighted by molar-refractivity contribution is 6.27. The lowest BCUT2D eigenvalue weighted by Gasteiger charge is -2.62. The van der Waals surface area contributed by atoms with Gasteiger partial charge in [-0.2, -0.15) is 0 Å². The molecule has 0 aromatic heterocycles. The molecular formula is C27H25N3O5. The van der Waals surface area contributed by atoms with Crippen molar-refractivity contribution in [2.24, 2.45) is 11.3 Å². The van der Waals surface area contributed by atoms with E-state index in [9.17, 15) is 24.5 Å². The Morgan fingerprint density at radius 3 is 2.51 bits per heavy atom. The fraction of sp³-hybridized carbons (Fsp3) is 0.370. The summed E-state index contributed by atoms with van der Waals surface area (Å²) < 4.78 is 0. The largest absolute Gasteiger partial charge is 0.336 e. The Bertz CT molecular complexity index is 1360. The van der Waals surface area contributed by atoms with Crippen LogP contribution in [0.3, 0.4) is 0 Å². The Kier molecular flexibility index (Phi) is 4.26. The third-order valence-electron chi connectivity index (χ3n) is 8.59. The second kappa shape index (κ2) is 6.87. The van der Waals surface area contributed by atoms with E-state index in [1.54, 1.807) is 30.9 Å². The molecule has 5 aliphatic rings. The van der Waals surface area contributed by atoms with Gasteiger partial charge in [0.25, 0.3) is 11.6 Å². The first-order chi connectivity index (χ1) is 16.6. The number of nitro benzene ring substituents is 1. The Labute approximate surface area is 202 Å². The molecule has 8 heteroatoms. The van der Waals surface area contributed by atoms with E-state index >= 15 is 0 Å². The summed E-state index contributed by atoms with van der Waals surface area (Å²) in [5.74, 6) is -1.08. The summed E-state index contributed by atoms with van der Waals surface area (Å²) in [4.78, 5) is 54.2. The second-order valence-electron chi connectivity index (χ2n) is 10.6. The minimum atomic E-state index is -1.39. The van der Waals surface area contributed by atoms with E-state index < -0.39 is 27.3 Å². The van der Waals surface area contributed by atoms with Gasteiger partial charge >= 0.3 is 0 Å². The average molecular weight is 472 g/mol. The summed E-state index contributed by atoms with van der Waals surface area (Å²) in [6.45, 7) is 4.08. The monoisotopic (exact) mass is 471 g/mol. The van der Waals surface area contributed by atoms with Crippen LogP contribution in [-0.4, -0.2) is 45.0 Å². The third kappa shape index (κ3) is 2.65. The number of carbonyl (C=O) groups is 3. The quantitative estimate of drug-likeness (QED) is 0.544. The lowest BCUT2D eigenvalue weighted by Crippen LogP contribution is -2.83. The maximum atomic E-state index is 13.9. The average Bonchev–Trinajstić information content (AvgIpc) is 3.29. The van der Waals surface area contributed by atoms with Gasteiger partial charge in [-0.15, -0.1) is 0 Å². The summed E-state index contributed by atoms with van der Waals surface area (Å²) in [5.41, 5.74) is -1.75. The van der Waals surface area contributed by atoms with Crippen LogP contribution >= 0.6 is 0 Å². The van der Waals surface area contributed by atoms with Gasteiger partial charge in [-0.1, -0.05) is 50.2 Å². The van der Waals surface area contributed by atoms with Crippen molar-refractivity contribution in [3.8, 4) is 11.1 Å². The third-order valence-corrected chi connectivity index (χ3v) is 8.59. The van der Waals surface area contributed by atoms with Crippen LogP contribution in [0.1, 0.15) is 38.7 Å². The van der Waals surface area contributed by atoms with Crippen molar-refractivity contribution in [2.75, 3.05) is 6.54 Å². The molecule has 2 aromatic rings. The number of piperidine rings is 2. The molecule has 0 saturated carbocycles. The van der Waals surface area contributed by atoms with E-state index in [1.165, 1.54) is 12.1 Å². The normalized spacial score (nSPS) is 30.5. The first kappa shape index (κ1) is 21.7. The van der Waals surface area contributed by atoms with Crippen molar-refractivity contribution in [1.82, 2.24) is 10.2 Å². The number of hydrogen-bond donors (Lipinski definition) is 1. The van der Waals surface area contributed by atoms with E-state index in [2.05, 4.69) is 5.32 Å². The molecule has 2 spiro atoms. The zero-order valence-corrected chi connectivity index (χ0v) is 19.5. The molecule has 3 atom stereocenters. The molecule has 7 rings (SSSR count). The van der Waals surface area contributed by atoms with Crippen LogP contribution in [-0.2, 0) is 14.4 Å². The Hall–Kier alpha value is -3.81. The SMILES string of the molecule is CC1(C)C(=O)C(c2ccc(-c3ccccc3)cc2[N+](=O)[O-])=CC23NC(=O)C4(CCCN4C2=O)CC13. The van der Waals surface area contributed by atoms with Crippen molar-refractivity contribution in [1.29, 1.82) is 0 Å². The van der Waals surface area contributed by atoms with Gasteiger partial charge in [0.05, 0.1) is 10.5 Å². The van der Waals surface area contributed by atoms with Crippen LogP contribution in [0.5, 0.6) is 0 Å². The number of nitro groups is 1. The Morgan fingerprint density at radius 1 is 1.06 bits per heavy atom. The number of carbonyl (C=O) groups excluding carboxylic acids is 3. The van der Waals surface area contributed by atoms with Gasteiger partial charge in [-0.25, -0.2) is 0 Å². The number of piperazine rings is 1. The number of Topliss-reactive ketones (excluding diaryl/α,β-unsaturated/α-hetero) is 1. The molecule has 2 amide bonds. The maximum Gasteiger partial charge on any atom is 0.277 e. The number of benzene rings is 2. The van der Waals surface area contributed by atoms with Crippen LogP contribution in [0, 0.1) is 21.4 Å². The number of amides is 2. The predicted molar refractivity (Wildman–Crippen MR) is 128 cm³/mol. The molecule has 2 bridgehead atoms. The zero-order valence-electron chi connectivity index (χ0n) is 19.5. The number of nitrogens with zero attached hydrogens (tertiary/aromatic N) is 2. The van der Waals surface area contributed by atoms with E-state index in [1.807, 2.05) is 30.3 Å². The second-order valence-corrected chi connectivity index (χ2v) is 10.6.